The number of anilines is 1. The molecule has 3 heterocycles. The van der Waals surface area contributed by atoms with Crippen molar-refractivity contribution < 1.29 is 4.39 Å². The summed E-state index contributed by atoms with van der Waals surface area (Å²) in [5.74, 6) is 0.608. The summed E-state index contributed by atoms with van der Waals surface area (Å²) in [7, 11) is 0. The van der Waals surface area contributed by atoms with Gasteiger partial charge in [-0.05, 0) is 24.3 Å². The number of nitrogens with zero attached hydrogens (tertiary/aromatic N) is 6. The van der Waals surface area contributed by atoms with Crippen molar-refractivity contribution in [2.75, 3.05) is 5.32 Å². The first-order valence-electron chi connectivity index (χ1n) is 8.79. The van der Waals surface area contributed by atoms with Crippen LogP contribution in [0.25, 0.3) is 27.9 Å². The summed E-state index contributed by atoms with van der Waals surface area (Å²) in [5.41, 5.74) is 2.95. The highest BCUT2D eigenvalue weighted by atomic mass is 19.1. The van der Waals surface area contributed by atoms with Crippen molar-refractivity contribution in [3.8, 4) is 11.8 Å². The summed E-state index contributed by atoms with van der Waals surface area (Å²) in [6, 6.07) is 14.2. The number of hydrogen-bond acceptors (Lipinski definition) is 6. The molecule has 0 saturated carbocycles. The third kappa shape index (κ3) is 2.74. The van der Waals surface area contributed by atoms with Gasteiger partial charge in [0.05, 0.1) is 23.9 Å². The fourth-order valence-corrected chi connectivity index (χ4v) is 3.33. The van der Waals surface area contributed by atoms with Gasteiger partial charge in [0, 0.05) is 5.69 Å². The average Bonchev–Trinajstić information content (AvgIpc) is 3.37. The summed E-state index contributed by atoms with van der Waals surface area (Å²) in [6.07, 6.45) is 2.97. The third-order valence-corrected chi connectivity index (χ3v) is 4.60. The van der Waals surface area contributed by atoms with E-state index in [4.69, 9.17) is 0 Å². The first-order valence-corrected chi connectivity index (χ1v) is 8.79. The Labute approximate surface area is 163 Å². The molecule has 0 aliphatic heterocycles. The van der Waals surface area contributed by atoms with Crippen LogP contribution in [0.3, 0.4) is 0 Å². The molecule has 0 radical (unpaired) electrons. The molecule has 0 saturated heterocycles. The van der Waals surface area contributed by atoms with Crippen molar-refractivity contribution in [1.82, 2.24) is 29.5 Å². The van der Waals surface area contributed by atoms with Crippen molar-refractivity contribution in [1.29, 1.82) is 5.26 Å². The molecule has 9 heteroatoms. The Bertz CT molecular complexity index is 1380. The van der Waals surface area contributed by atoms with E-state index in [9.17, 15) is 9.65 Å². The van der Waals surface area contributed by atoms with Crippen molar-refractivity contribution in [2.45, 2.75) is 6.54 Å². The zero-order valence-corrected chi connectivity index (χ0v) is 15.0. The number of rotatable bonds is 4. The standard InChI is InChI=1S/C20H13FN8/c21-14-6-7-15-18(13(14)8-22)29(12-4-2-1-3-5-12)16(28-15)9-23-19-17-20(25-10-24-17)27-11-26-19/h1-7,10-11H,9H2,(H2,23,24,25,26,27). The van der Waals surface area contributed by atoms with Gasteiger partial charge in [-0.25, -0.2) is 24.3 Å². The smallest absolute Gasteiger partial charge is 0.182 e. The number of benzene rings is 2. The van der Waals surface area contributed by atoms with Crippen LogP contribution in [0, 0.1) is 17.1 Å². The summed E-state index contributed by atoms with van der Waals surface area (Å²) in [4.78, 5) is 20.1. The van der Waals surface area contributed by atoms with Crippen molar-refractivity contribution in [3.63, 3.8) is 0 Å². The lowest BCUT2D eigenvalue weighted by Gasteiger charge is -2.11. The van der Waals surface area contributed by atoms with Crippen LogP contribution in [-0.2, 0) is 6.54 Å². The van der Waals surface area contributed by atoms with Gasteiger partial charge in [0.1, 0.15) is 35.1 Å². The molecule has 2 aromatic carbocycles. The molecule has 0 fully saturated rings. The molecule has 5 rings (SSSR count). The number of aromatic nitrogens is 6. The number of halogens is 1. The Morgan fingerprint density at radius 2 is 1.97 bits per heavy atom. The van der Waals surface area contributed by atoms with E-state index in [1.807, 2.05) is 36.4 Å². The first kappa shape index (κ1) is 16.8. The molecule has 0 aliphatic carbocycles. The molecular formula is C20H13FN8. The summed E-state index contributed by atoms with van der Waals surface area (Å²) in [6.45, 7) is 0.293. The maximum absolute atomic E-state index is 14.3. The minimum atomic E-state index is -0.577. The Morgan fingerprint density at radius 1 is 1.10 bits per heavy atom. The lowest BCUT2D eigenvalue weighted by molar-refractivity contribution is 0.625. The number of aromatic amines is 1. The average molecular weight is 384 g/mol. The predicted octanol–water partition coefficient (Wildman–Crippen LogP) is 3.31. The highest BCUT2D eigenvalue weighted by molar-refractivity contribution is 5.85. The molecular weight excluding hydrogens is 371 g/mol. The topological polar surface area (TPSA) is 108 Å². The molecule has 29 heavy (non-hydrogen) atoms. The van der Waals surface area contributed by atoms with Crippen LogP contribution in [-0.4, -0.2) is 29.5 Å². The Kier molecular flexibility index (Phi) is 3.88. The molecule has 140 valence electrons. The molecule has 0 bridgehead atoms. The second-order valence-electron chi connectivity index (χ2n) is 6.28. The summed E-state index contributed by atoms with van der Waals surface area (Å²) >= 11 is 0. The van der Waals surface area contributed by atoms with Gasteiger partial charge >= 0.3 is 0 Å². The maximum atomic E-state index is 14.3. The van der Waals surface area contributed by atoms with E-state index in [2.05, 4.69) is 30.2 Å². The lowest BCUT2D eigenvalue weighted by Crippen LogP contribution is -2.09. The normalized spacial score (nSPS) is 11.0. The molecule has 5 aromatic rings. The Balaban J connectivity index is 1.66. The van der Waals surface area contributed by atoms with Gasteiger partial charge in [-0.15, -0.1) is 0 Å². The van der Waals surface area contributed by atoms with Crippen LogP contribution < -0.4 is 5.32 Å². The van der Waals surface area contributed by atoms with Crippen LogP contribution in [0.4, 0.5) is 10.2 Å². The van der Waals surface area contributed by atoms with E-state index in [1.165, 1.54) is 12.4 Å². The van der Waals surface area contributed by atoms with Crippen molar-refractivity contribution >= 4 is 28.0 Å². The number of para-hydroxylation sites is 1. The number of fused-ring (bicyclic) bond motifs is 2. The molecule has 2 N–H and O–H groups in total. The second-order valence-corrected chi connectivity index (χ2v) is 6.28. The van der Waals surface area contributed by atoms with E-state index in [-0.39, 0.29) is 5.56 Å². The van der Waals surface area contributed by atoms with Crippen LogP contribution in [0.1, 0.15) is 11.4 Å². The van der Waals surface area contributed by atoms with Gasteiger partial charge < -0.3 is 10.3 Å². The minimum Gasteiger partial charge on any atom is -0.361 e. The van der Waals surface area contributed by atoms with E-state index < -0.39 is 5.82 Å². The van der Waals surface area contributed by atoms with Crippen molar-refractivity contribution in [2.24, 2.45) is 0 Å². The zero-order chi connectivity index (χ0) is 19.8. The fraction of sp³-hybridized carbons (Fsp3) is 0.0500. The predicted molar refractivity (Wildman–Crippen MR) is 105 cm³/mol. The van der Waals surface area contributed by atoms with E-state index in [1.54, 1.807) is 17.0 Å². The third-order valence-electron chi connectivity index (χ3n) is 4.60. The summed E-state index contributed by atoms with van der Waals surface area (Å²) < 4.78 is 16.1. The van der Waals surface area contributed by atoms with Gasteiger partial charge in [0.25, 0.3) is 0 Å². The van der Waals surface area contributed by atoms with E-state index >= 15 is 0 Å². The zero-order valence-electron chi connectivity index (χ0n) is 15.0. The number of nitriles is 1. The van der Waals surface area contributed by atoms with Crippen LogP contribution in [0.2, 0.25) is 0 Å². The number of imidazole rings is 2. The quantitative estimate of drug-likeness (QED) is 0.492. The molecule has 8 nitrogen and oxygen atoms in total. The van der Waals surface area contributed by atoms with Crippen LogP contribution >= 0.6 is 0 Å². The highest BCUT2D eigenvalue weighted by Crippen LogP contribution is 2.27. The highest BCUT2D eigenvalue weighted by Gasteiger charge is 2.19. The second kappa shape index (κ2) is 6.69. The molecule has 0 amide bonds. The minimum absolute atomic E-state index is 0.0388. The fourth-order valence-electron chi connectivity index (χ4n) is 3.33. The van der Waals surface area contributed by atoms with E-state index in [0.29, 0.717) is 40.4 Å². The maximum Gasteiger partial charge on any atom is 0.182 e. The molecule has 0 atom stereocenters. The van der Waals surface area contributed by atoms with Gasteiger partial charge in [0.2, 0.25) is 0 Å². The monoisotopic (exact) mass is 384 g/mol. The number of hydrogen-bond donors (Lipinski definition) is 2. The number of nitrogens with one attached hydrogen (secondary N) is 2. The lowest BCUT2D eigenvalue weighted by atomic mass is 10.2. The van der Waals surface area contributed by atoms with Gasteiger partial charge in [0.15, 0.2) is 11.5 Å². The van der Waals surface area contributed by atoms with Gasteiger partial charge in [-0.1, -0.05) is 18.2 Å². The first-order chi connectivity index (χ1) is 14.3. The summed E-state index contributed by atoms with van der Waals surface area (Å²) in [5, 5.41) is 12.8. The molecule has 3 aromatic heterocycles. The molecule has 0 aliphatic rings. The van der Waals surface area contributed by atoms with Gasteiger partial charge in [-0.3, -0.25) is 4.57 Å². The molecule has 0 unspecified atom stereocenters. The van der Waals surface area contributed by atoms with Crippen molar-refractivity contribution in [3.05, 3.63) is 72.3 Å². The van der Waals surface area contributed by atoms with Crippen LogP contribution in [0.15, 0.2) is 55.1 Å². The SMILES string of the molecule is N#Cc1c(F)ccc2nc(CNc3ncnc4nc[nH]c34)n(-c3ccccc3)c12. The number of H-pyrrole nitrogens is 1. The van der Waals surface area contributed by atoms with E-state index in [0.717, 1.165) is 5.69 Å². The largest absolute Gasteiger partial charge is 0.361 e. The van der Waals surface area contributed by atoms with Crippen LogP contribution in [0.5, 0.6) is 0 Å². The van der Waals surface area contributed by atoms with Gasteiger partial charge in [-0.2, -0.15) is 5.26 Å². The molecule has 0 spiro atoms. The Hall–Kier alpha value is -4.32. The Morgan fingerprint density at radius 3 is 2.79 bits per heavy atom.